The van der Waals surface area contributed by atoms with Crippen LogP contribution < -0.4 is 5.32 Å². The number of esters is 1. The van der Waals surface area contributed by atoms with Crippen LogP contribution in [0.3, 0.4) is 0 Å². The first-order valence-electron chi connectivity index (χ1n) is 14.1. The Morgan fingerprint density at radius 2 is 1.74 bits per heavy atom. The summed E-state index contributed by atoms with van der Waals surface area (Å²) in [7, 11) is 1.85. The average molecular weight is 536 g/mol. The summed E-state index contributed by atoms with van der Waals surface area (Å²) in [5.41, 5.74) is 2.55. The highest BCUT2D eigenvalue weighted by Crippen LogP contribution is 2.33. The minimum Gasteiger partial charge on any atom is -0.507 e. The standard InChI is InChI=1S/C29H41N7O3/c1-29(2,3)39-26(38)19-35-13-9-20(10-14-35)18-34-15-11-21(12-16-34)36-24-17-23(22-7-5-6-8-25(22)37)31-32-27(24)28(30-4)33-36/h5-8,17,20-21,37H,9-16,18-19H2,1-4H3,(H,30,33). The molecule has 10 nitrogen and oxygen atoms in total. The Kier molecular flexibility index (Phi) is 8.04. The minimum atomic E-state index is -0.431. The molecule has 0 amide bonds. The molecule has 2 aliphatic heterocycles. The summed E-state index contributed by atoms with van der Waals surface area (Å²) in [5, 5.41) is 27.2. The number of aromatic nitrogens is 4. The third-order valence-electron chi connectivity index (χ3n) is 7.77. The van der Waals surface area contributed by atoms with Gasteiger partial charge in [-0.05, 0) is 83.7 Å². The predicted octanol–water partition coefficient (Wildman–Crippen LogP) is 3.93. The number of nitrogens with zero attached hydrogens (tertiary/aromatic N) is 6. The number of benzene rings is 1. The van der Waals surface area contributed by atoms with E-state index in [0.717, 1.165) is 75.3 Å². The molecule has 5 rings (SSSR count). The monoisotopic (exact) mass is 535 g/mol. The van der Waals surface area contributed by atoms with E-state index in [1.54, 1.807) is 12.1 Å². The first kappa shape index (κ1) is 27.3. The summed E-state index contributed by atoms with van der Waals surface area (Å²) >= 11 is 0. The SMILES string of the molecule is CNc1nn(C2CCN(CC3CCN(CC(=O)OC(C)(C)C)CC3)CC2)c2cc(-c3ccccc3O)nnc12. The minimum absolute atomic E-state index is 0.130. The fourth-order valence-corrected chi connectivity index (χ4v) is 5.80. The molecule has 1 aromatic carbocycles. The molecule has 0 radical (unpaired) electrons. The lowest BCUT2D eigenvalue weighted by Gasteiger charge is -2.37. The van der Waals surface area contributed by atoms with Crippen molar-refractivity contribution in [3.8, 4) is 17.0 Å². The quantitative estimate of drug-likeness (QED) is 0.435. The smallest absolute Gasteiger partial charge is 0.320 e. The van der Waals surface area contributed by atoms with Gasteiger partial charge in [0.2, 0.25) is 0 Å². The fraction of sp³-hybridized carbons (Fsp3) is 0.586. The molecule has 0 unspecified atom stereocenters. The van der Waals surface area contributed by atoms with Crippen molar-refractivity contribution in [3.05, 3.63) is 30.3 Å². The van der Waals surface area contributed by atoms with Crippen LogP contribution in [0.4, 0.5) is 5.82 Å². The molecule has 210 valence electrons. The van der Waals surface area contributed by atoms with Crippen molar-refractivity contribution in [2.45, 2.75) is 58.1 Å². The lowest BCUT2D eigenvalue weighted by molar-refractivity contribution is -0.156. The number of phenolic OH excluding ortho intramolecular Hbond substituents is 1. The molecule has 0 saturated carbocycles. The van der Waals surface area contributed by atoms with E-state index in [2.05, 4.69) is 30.0 Å². The Hall–Kier alpha value is -3.24. The van der Waals surface area contributed by atoms with Crippen LogP contribution in [0, 0.1) is 5.92 Å². The van der Waals surface area contributed by atoms with E-state index in [9.17, 15) is 9.90 Å². The van der Waals surface area contributed by atoms with Crippen molar-refractivity contribution in [3.63, 3.8) is 0 Å². The van der Waals surface area contributed by atoms with Gasteiger partial charge in [0.25, 0.3) is 0 Å². The summed E-state index contributed by atoms with van der Waals surface area (Å²) in [6.45, 7) is 11.2. The van der Waals surface area contributed by atoms with Gasteiger partial charge in [0, 0.05) is 32.2 Å². The molecule has 39 heavy (non-hydrogen) atoms. The fourth-order valence-electron chi connectivity index (χ4n) is 5.80. The Bertz CT molecular complexity index is 1290. The molecule has 2 fully saturated rings. The highest BCUT2D eigenvalue weighted by atomic mass is 16.6. The van der Waals surface area contributed by atoms with Gasteiger partial charge in [0.1, 0.15) is 11.4 Å². The van der Waals surface area contributed by atoms with Crippen LogP contribution in [0.1, 0.15) is 52.5 Å². The molecule has 0 atom stereocenters. The molecule has 10 heteroatoms. The molecule has 0 bridgehead atoms. The number of likely N-dealkylation sites (tertiary alicyclic amines) is 2. The van der Waals surface area contributed by atoms with Crippen molar-refractivity contribution >= 4 is 22.8 Å². The molecule has 0 spiro atoms. The van der Waals surface area contributed by atoms with Gasteiger partial charge in [-0.15, -0.1) is 10.2 Å². The number of anilines is 1. The Morgan fingerprint density at radius 1 is 1.05 bits per heavy atom. The lowest BCUT2D eigenvalue weighted by atomic mass is 9.94. The van der Waals surface area contributed by atoms with Crippen molar-refractivity contribution in [2.24, 2.45) is 5.92 Å². The maximum absolute atomic E-state index is 12.2. The molecule has 2 saturated heterocycles. The number of para-hydroxylation sites is 1. The number of fused-ring (bicyclic) bond motifs is 1. The van der Waals surface area contributed by atoms with Crippen LogP contribution in [-0.4, -0.2) is 92.8 Å². The first-order valence-corrected chi connectivity index (χ1v) is 14.1. The van der Waals surface area contributed by atoms with Crippen LogP contribution in [-0.2, 0) is 9.53 Å². The maximum atomic E-state index is 12.2. The number of piperidine rings is 2. The van der Waals surface area contributed by atoms with Crippen LogP contribution in [0.2, 0.25) is 0 Å². The van der Waals surface area contributed by atoms with Gasteiger partial charge in [-0.25, -0.2) is 0 Å². The average Bonchev–Trinajstić information content (AvgIpc) is 3.27. The van der Waals surface area contributed by atoms with Crippen molar-refractivity contribution in [1.29, 1.82) is 0 Å². The molecular weight excluding hydrogens is 494 g/mol. The zero-order valence-electron chi connectivity index (χ0n) is 23.6. The second-order valence-electron chi connectivity index (χ2n) is 11.9. The van der Waals surface area contributed by atoms with E-state index < -0.39 is 5.60 Å². The number of rotatable bonds is 7. The van der Waals surface area contributed by atoms with E-state index in [-0.39, 0.29) is 17.8 Å². The van der Waals surface area contributed by atoms with Gasteiger partial charge in [-0.1, -0.05) is 12.1 Å². The van der Waals surface area contributed by atoms with Crippen LogP contribution in [0.5, 0.6) is 5.75 Å². The number of hydrogen-bond donors (Lipinski definition) is 2. The van der Waals surface area contributed by atoms with Crippen molar-refractivity contribution in [2.75, 3.05) is 51.6 Å². The number of ether oxygens (including phenoxy) is 1. The Labute approximate surface area is 230 Å². The summed E-state index contributed by atoms with van der Waals surface area (Å²) in [6.07, 6.45) is 4.27. The topological polar surface area (TPSA) is 109 Å². The van der Waals surface area contributed by atoms with Gasteiger partial charge in [0.05, 0.1) is 23.8 Å². The zero-order chi connectivity index (χ0) is 27.6. The predicted molar refractivity (Wildman–Crippen MR) is 152 cm³/mol. The first-order chi connectivity index (χ1) is 18.7. The summed E-state index contributed by atoms with van der Waals surface area (Å²) in [4.78, 5) is 17.0. The molecule has 2 aliphatic rings. The molecule has 0 aliphatic carbocycles. The van der Waals surface area contributed by atoms with E-state index in [1.807, 2.05) is 46.0 Å². The van der Waals surface area contributed by atoms with E-state index in [0.29, 0.717) is 23.7 Å². The van der Waals surface area contributed by atoms with E-state index >= 15 is 0 Å². The second-order valence-corrected chi connectivity index (χ2v) is 11.9. The van der Waals surface area contributed by atoms with Crippen molar-refractivity contribution < 1.29 is 14.6 Å². The maximum Gasteiger partial charge on any atom is 0.320 e. The third-order valence-corrected chi connectivity index (χ3v) is 7.77. The highest BCUT2D eigenvalue weighted by molar-refractivity contribution is 5.88. The normalized spacial score (nSPS) is 18.5. The number of aromatic hydroxyl groups is 1. The lowest BCUT2D eigenvalue weighted by Crippen LogP contribution is -2.43. The van der Waals surface area contributed by atoms with Gasteiger partial charge < -0.3 is 20.1 Å². The number of carbonyl (C=O) groups is 1. The summed E-state index contributed by atoms with van der Waals surface area (Å²) < 4.78 is 7.59. The zero-order valence-corrected chi connectivity index (χ0v) is 23.6. The number of phenols is 1. The largest absolute Gasteiger partial charge is 0.507 e. The molecular formula is C29H41N7O3. The number of carbonyl (C=O) groups excluding carboxylic acids is 1. The van der Waals surface area contributed by atoms with Crippen LogP contribution >= 0.6 is 0 Å². The van der Waals surface area contributed by atoms with Gasteiger partial charge >= 0.3 is 5.97 Å². The van der Waals surface area contributed by atoms with Gasteiger partial charge in [-0.3, -0.25) is 14.4 Å². The van der Waals surface area contributed by atoms with E-state index in [1.165, 1.54) is 0 Å². The number of hydrogen-bond acceptors (Lipinski definition) is 9. The number of nitrogens with one attached hydrogen (secondary N) is 1. The molecule has 3 aromatic rings. The summed E-state index contributed by atoms with van der Waals surface area (Å²) in [5.74, 6) is 1.44. The third kappa shape index (κ3) is 6.50. The van der Waals surface area contributed by atoms with Crippen LogP contribution in [0.15, 0.2) is 30.3 Å². The highest BCUT2D eigenvalue weighted by Gasteiger charge is 2.28. The summed E-state index contributed by atoms with van der Waals surface area (Å²) in [6, 6.07) is 9.47. The van der Waals surface area contributed by atoms with Crippen molar-refractivity contribution in [1.82, 2.24) is 29.8 Å². The molecule has 2 N–H and O–H groups in total. The second kappa shape index (κ2) is 11.5. The molecule has 4 heterocycles. The Balaban J connectivity index is 1.18. The van der Waals surface area contributed by atoms with Gasteiger partial charge in [0.15, 0.2) is 11.3 Å². The van der Waals surface area contributed by atoms with Gasteiger partial charge in [-0.2, -0.15) is 5.10 Å². The van der Waals surface area contributed by atoms with Crippen LogP contribution in [0.25, 0.3) is 22.3 Å². The van der Waals surface area contributed by atoms with E-state index in [4.69, 9.17) is 9.84 Å². The molecule has 2 aromatic heterocycles. The Morgan fingerprint density at radius 3 is 2.41 bits per heavy atom.